The predicted molar refractivity (Wildman–Crippen MR) is 61.9 cm³/mol. The van der Waals surface area contributed by atoms with Crippen molar-refractivity contribution in [3.63, 3.8) is 0 Å². The van der Waals surface area contributed by atoms with Crippen LogP contribution in [-0.2, 0) is 5.54 Å². The van der Waals surface area contributed by atoms with E-state index in [1.54, 1.807) is 0 Å². The van der Waals surface area contributed by atoms with Gasteiger partial charge in [0.1, 0.15) is 5.82 Å². The smallest absolute Gasteiger partial charge is 0.173 e. The highest BCUT2D eigenvalue weighted by atomic mass is 19.1. The Kier molecular flexibility index (Phi) is 3.33. The Hall–Kier alpha value is -1.16. The summed E-state index contributed by atoms with van der Waals surface area (Å²) in [6, 6.07) is 2.51. The summed E-state index contributed by atoms with van der Waals surface area (Å²) in [5.74, 6) is -1.18. The number of halogens is 2. The number of hydrogen-bond donors (Lipinski definition) is 1. The van der Waals surface area contributed by atoms with Crippen molar-refractivity contribution in [2.45, 2.75) is 37.6 Å². The zero-order chi connectivity index (χ0) is 12.5. The predicted octanol–water partition coefficient (Wildman–Crippen LogP) is 3.09. The summed E-state index contributed by atoms with van der Waals surface area (Å²) in [4.78, 5) is 0. The van der Waals surface area contributed by atoms with Crippen molar-refractivity contribution in [2.75, 3.05) is 7.11 Å². The van der Waals surface area contributed by atoms with Gasteiger partial charge in [0.2, 0.25) is 0 Å². The number of nitrogens with two attached hydrogens (primary N) is 1. The maximum atomic E-state index is 14.1. The molecule has 0 aromatic heterocycles. The lowest BCUT2D eigenvalue weighted by atomic mass is 9.77. The summed E-state index contributed by atoms with van der Waals surface area (Å²) >= 11 is 0. The largest absolute Gasteiger partial charge is 0.494 e. The Labute approximate surface area is 99.8 Å². The maximum Gasteiger partial charge on any atom is 0.173 e. The quantitative estimate of drug-likeness (QED) is 0.863. The van der Waals surface area contributed by atoms with Gasteiger partial charge in [-0.1, -0.05) is 19.3 Å². The van der Waals surface area contributed by atoms with Crippen LogP contribution in [0.1, 0.15) is 37.7 Å². The first-order chi connectivity index (χ1) is 8.08. The molecule has 0 amide bonds. The molecule has 1 aliphatic rings. The Balaban J connectivity index is 2.49. The number of benzene rings is 1. The monoisotopic (exact) mass is 241 g/mol. The van der Waals surface area contributed by atoms with E-state index in [0.29, 0.717) is 12.8 Å². The molecular weight excluding hydrogens is 224 g/mol. The third-order valence-electron chi connectivity index (χ3n) is 3.52. The fourth-order valence-electron chi connectivity index (χ4n) is 2.58. The Morgan fingerprint density at radius 1 is 1.18 bits per heavy atom. The fourth-order valence-corrected chi connectivity index (χ4v) is 2.58. The van der Waals surface area contributed by atoms with E-state index in [4.69, 9.17) is 10.5 Å². The summed E-state index contributed by atoms with van der Waals surface area (Å²) in [7, 11) is 1.37. The molecular formula is C13H17F2NO. The second-order valence-electron chi connectivity index (χ2n) is 4.66. The lowest BCUT2D eigenvalue weighted by Crippen LogP contribution is -2.40. The molecule has 2 rings (SSSR count). The molecule has 0 atom stereocenters. The molecule has 94 valence electrons. The number of ether oxygens (including phenoxy) is 1. The SMILES string of the molecule is COc1ccc(F)c(C2(N)CCCCC2)c1F. The summed E-state index contributed by atoms with van der Waals surface area (Å²) < 4.78 is 32.8. The van der Waals surface area contributed by atoms with E-state index in [2.05, 4.69) is 0 Å². The highest BCUT2D eigenvalue weighted by Crippen LogP contribution is 2.39. The molecule has 17 heavy (non-hydrogen) atoms. The maximum absolute atomic E-state index is 14.1. The molecule has 0 bridgehead atoms. The second-order valence-corrected chi connectivity index (χ2v) is 4.66. The molecule has 0 spiro atoms. The van der Waals surface area contributed by atoms with Gasteiger partial charge in [-0.2, -0.15) is 0 Å². The molecule has 0 aliphatic heterocycles. The van der Waals surface area contributed by atoms with Crippen LogP contribution in [0.5, 0.6) is 5.75 Å². The standard InChI is InChI=1S/C13H17F2NO/c1-17-10-6-5-9(14)11(12(10)15)13(16)7-3-2-4-8-13/h5-6H,2-4,7-8,16H2,1H3. The highest BCUT2D eigenvalue weighted by Gasteiger charge is 2.35. The number of hydrogen-bond acceptors (Lipinski definition) is 2. The molecule has 0 saturated heterocycles. The van der Waals surface area contributed by atoms with E-state index in [-0.39, 0.29) is 11.3 Å². The van der Waals surface area contributed by atoms with Gasteiger partial charge in [0.25, 0.3) is 0 Å². The van der Waals surface area contributed by atoms with Gasteiger partial charge >= 0.3 is 0 Å². The summed E-state index contributed by atoms with van der Waals surface area (Å²) in [6.45, 7) is 0. The normalized spacial score (nSPS) is 19.1. The minimum absolute atomic E-state index is 0.0171. The molecule has 1 aromatic rings. The molecule has 1 aliphatic carbocycles. The van der Waals surface area contributed by atoms with Gasteiger partial charge in [-0.3, -0.25) is 0 Å². The molecule has 1 aromatic carbocycles. The average Bonchev–Trinajstić information content (AvgIpc) is 2.30. The fraction of sp³-hybridized carbons (Fsp3) is 0.538. The Morgan fingerprint density at radius 3 is 2.41 bits per heavy atom. The van der Waals surface area contributed by atoms with E-state index in [1.165, 1.54) is 19.2 Å². The molecule has 1 saturated carbocycles. The third-order valence-corrected chi connectivity index (χ3v) is 3.52. The van der Waals surface area contributed by atoms with E-state index in [0.717, 1.165) is 19.3 Å². The van der Waals surface area contributed by atoms with Crippen LogP contribution in [0.2, 0.25) is 0 Å². The van der Waals surface area contributed by atoms with Crippen LogP contribution in [0.25, 0.3) is 0 Å². The van der Waals surface area contributed by atoms with Gasteiger partial charge < -0.3 is 10.5 Å². The van der Waals surface area contributed by atoms with Gasteiger partial charge in [0.05, 0.1) is 7.11 Å². The van der Waals surface area contributed by atoms with Crippen molar-refractivity contribution in [1.82, 2.24) is 0 Å². The number of methoxy groups -OCH3 is 1. The lowest BCUT2D eigenvalue weighted by Gasteiger charge is -2.34. The first kappa shape index (κ1) is 12.3. The van der Waals surface area contributed by atoms with Crippen LogP contribution in [0.15, 0.2) is 12.1 Å². The van der Waals surface area contributed by atoms with Gasteiger partial charge in [0.15, 0.2) is 11.6 Å². The molecule has 2 nitrogen and oxygen atoms in total. The molecule has 0 heterocycles. The summed E-state index contributed by atoms with van der Waals surface area (Å²) in [6.07, 6.45) is 4.13. The zero-order valence-corrected chi connectivity index (χ0v) is 9.93. The van der Waals surface area contributed by atoms with Crippen molar-refractivity contribution in [3.8, 4) is 5.75 Å². The first-order valence-electron chi connectivity index (χ1n) is 5.90. The summed E-state index contributed by atoms with van der Waals surface area (Å²) in [5.41, 5.74) is 5.27. The molecule has 2 N–H and O–H groups in total. The van der Waals surface area contributed by atoms with Crippen LogP contribution in [0.3, 0.4) is 0 Å². The van der Waals surface area contributed by atoms with E-state index < -0.39 is 17.2 Å². The summed E-state index contributed by atoms with van der Waals surface area (Å²) in [5, 5.41) is 0. The van der Waals surface area contributed by atoms with Gasteiger partial charge in [-0.15, -0.1) is 0 Å². The zero-order valence-electron chi connectivity index (χ0n) is 9.93. The third kappa shape index (κ3) is 2.14. The van der Waals surface area contributed by atoms with Crippen molar-refractivity contribution in [3.05, 3.63) is 29.3 Å². The van der Waals surface area contributed by atoms with Gasteiger partial charge in [0, 0.05) is 11.1 Å². The lowest BCUT2D eigenvalue weighted by molar-refractivity contribution is 0.277. The van der Waals surface area contributed by atoms with Gasteiger partial charge in [-0.05, 0) is 25.0 Å². The van der Waals surface area contributed by atoms with Gasteiger partial charge in [-0.25, -0.2) is 8.78 Å². The van der Waals surface area contributed by atoms with Crippen LogP contribution in [0, 0.1) is 11.6 Å². The molecule has 4 heteroatoms. The van der Waals surface area contributed by atoms with Crippen molar-refractivity contribution < 1.29 is 13.5 Å². The number of rotatable bonds is 2. The molecule has 1 fully saturated rings. The topological polar surface area (TPSA) is 35.2 Å². The van der Waals surface area contributed by atoms with Crippen LogP contribution in [0.4, 0.5) is 8.78 Å². The van der Waals surface area contributed by atoms with E-state index >= 15 is 0 Å². The van der Waals surface area contributed by atoms with Crippen LogP contribution >= 0.6 is 0 Å². The molecule has 0 unspecified atom stereocenters. The first-order valence-corrected chi connectivity index (χ1v) is 5.90. The van der Waals surface area contributed by atoms with Crippen molar-refractivity contribution in [2.24, 2.45) is 5.73 Å². The van der Waals surface area contributed by atoms with Crippen molar-refractivity contribution >= 4 is 0 Å². The van der Waals surface area contributed by atoms with E-state index in [9.17, 15) is 8.78 Å². The molecule has 0 radical (unpaired) electrons. The average molecular weight is 241 g/mol. The van der Waals surface area contributed by atoms with Crippen molar-refractivity contribution in [1.29, 1.82) is 0 Å². The second kappa shape index (κ2) is 4.61. The highest BCUT2D eigenvalue weighted by molar-refractivity contribution is 5.37. The van der Waals surface area contributed by atoms with Crippen LogP contribution in [-0.4, -0.2) is 7.11 Å². The van der Waals surface area contributed by atoms with E-state index in [1.807, 2.05) is 0 Å². The van der Waals surface area contributed by atoms with Crippen LogP contribution < -0.4 is 10.5 Å². The minimum atomic E-state index is -0.888. The Bertz CT molecular complexity index is 414. The minimum Gasteiger partial charge on any atom is -0.494 e. The Morgan fingerprint density at radius 2 is 1.82 bits per heavy atom.